The van der Waals surface area contributed by atoms with Gasteiger partial charge in [-0.3, -0.25) is 14.2 Å². The van der Waals surface area contributed by atoms with E-state index in [0.717, 1.165) is 18.4 Å². The summed E-state index contributed by atoms with van der Waals surface area (Å²) >= 11 is 0. The Kier molecular flexibility index (Phi) is 5.41. The minimum Gasteiger partial charge on any atom is -0.463 e. The highest BCUT2D eigenvalue weighted by atomic mass is 19.1. The van der Waals surface area contributed by atoms with Crippen molar-refractivity contribution in [2.75, 3.05) is 12.3 Å². The van der Waals surface area contributed by atoms with Gasteiger partial charge in [0.25, 0.3) is 0 Å². The molecular weight excluding hydrogens is 337 g/mol. The van der Waals surface area contributed by atoms with Crippen molar-refractivity contribution in [2.24, 2.45) is 0 Å². The first-order chi connectivity index (χ1) is 11.7. The van der Waals surface area contributed by atoms with Gasteiger partial charge < -0.3 is 19.9 Å². The number of rotatable bonds is 5. The molecule has 0 aromatic carbocycles. The second-order valence-electron chi connectivity index (χ2n) is 5.79. The van der Waals surface area contributed by atoms with Crippen molar-refractivity contribution >= 4 is 17.8 Å². The van der Waals surface area contributed by atoms with Gasteiger partial charge >= 0.3 is 17.6 Å². The van der Waals surface area contributed by atoms with E-state index < -0.39 is 41.7 Å². The second kappa shape index (κ2) is 7.18. The molecule has 1 aliphatic heterocycles. The smallest absolute Gasteiger partial charge is 0.351 e. The molecule has 2 rings (SSSR count). The van der Waals surface area contributed by atoms with Crippen LogP contribution in [0.25, 0.3) is 0 Å². The number of hydrogen-bond donors (Lipinski definition) is 1. The highest BCUT2D eigenvalue weighted by Crippen LogP contribution is 2.42. The van der Waals surface area contributed by atoms with Crippen LogP contribution in [0.3, 0.4) is 0 Å². The summed E-state index contributed by atoms with van der Waals surface area (Å²) in [7, 11) is 0. The first-order valence-electron chi connectivity index (χ1n) is 7.68. The highest BCUT2D eigenvalue weighted by Gasteiger charge is 2.58. The third-order valence-electron chi connectivity index (χ3n) is 3.77. The van der Waals surface area contributed by atoms with Gasteiger partial charge in [0.1, 0.15) is 18.5 Å². The molecule has 0 unspecified atom stereocenters. The van der Waals surface area contributed by atoms with Crippen molar-refractivity contribution in [3.8, 4) is 0 Å². The van der Waals surface area contributed by atoms with Crippen molar-refractivity contribution in [1.29, 1.82) is 0 Å². The lowest BCUT2D eigenvalue weighted by molar-refractivity contribution is -0.159. The molecule has 0 saturated carbocycles. The SMILES string of the molecule is CCC(=O)OC[C@H]1O[C@@H](n2ccc(N)nc2=O)[C@](C)(F)[C@@H]1OC(C)=O. The summed E-state index contributed by atoms with van der Waals surface area (Å²) in [6.07, 6.45) is -2.52. The van der Waals surface area contributed by atoms with E-state index in [9.17, 15) is 14.4 Å². The molecule has 0 radical (unpaired) electrons. The van der Waals surface area contributed by atoms with Crippen LogP contribution >= 0.6 is 0 Å². The Hall–Kier alpha value is -2.49. The number of esters is 2. The first kappa shape index (κ1) is 18.8. The van der Waals surface area contributed by atoms with Gasteiger partial charge in [0, 0.05) is 19.5 Å². The number of anilines is 1. The number of halogens is 1. The van der Waals surface area contributed by atoms with E-state index in [1.807, 2.05) is 0 Å². The monoisotopic (exact) mass is 357 g/mol. The molecule has 1 aromatic heterocycles. The maximum absolute atomic E-state index is 15.4. The molecular formula is C15H20FN3O6. The average molecular weight is 357 g/mol. The molecule has 1 aliphatic rings. The molecule has 0 bridgehead atoms. The van der Waals surface area contributed by atoms with Crippen molar-refractivity contribution in [1.82, 2.24) is 9.55 Å². The van der Waals surface area contributed by atoms with Crippen molar-refractivity contribution in [3.05, 3.63) is 22.7 Å². The number of aromatic nitrogens is 2. The topological polar surface area (TPSA) is 123 Å². The van der Waals surface area contributed by atoms with Gasteiger partial charge in [-0.15, -0.1) is 0 Å². The van der Waals surface area contributed by atoms with E-state index >= 15 is 4.39 Å². The van der Waals surface area contributed by atoms with Crippen molar-refractivity contribution < 1.29 is 28.2 Å². The molecule has 0 spiro atoms. The van der Waals surface area contributed by atoms with E-state index in [4.69, 9.17) is 19.9 Å². The lowest BCUT2D eigenvalue weighted by atomic mass is 9.98. The Morgan fingerprint density at radius 3 is 2.76 bits per heavy atom. The Bertz CT molecular complexity index is 719. The summed E-state index contributed by atoms with van der Waals surface area (Å²) in [6.45, 7) is 3.53. The number of ether oxygens (including phenoxy) is 3. The summed E-state index contributed by atoms with van der Waals surface area (Å²) in [5, 5.41) is 0. The van der Waals surface area contributed by atoms with Gasteiger partial charge in [-0.25, -0.2) is 9.18 Å². The molecule has 0 aliphatic carbocycles. The number of hydrogen-bond acceptors (Lipinski definition) is 8. The third kappa shape index (κ3) is 3.95. The summed E-state index contributed by atoms with van der Waals surface area (Å²) in [4.78, 5) is 38.2. The summed E-state index contributed by atoms with van der Waals surface area (Å²) in [5.41, 5.74) is 2.34. The second-order valence-corrected chi connectivity index (χ2v) is 5.79. The fraction of sp³-hybridized carbons (Fsp3) is 0.600. The predicted molar refractivity (Wildman–Crippen MR) is 83.1 cm³/mol. The van der Waals surface area contributed by atoms with Crippen molar-refractivity contribution in [3.63, 3.8) is 0 Å². The minimum absolute atomic E-state index is 0.0234. The maximum atomic E-state index is 15.4. The normalized spacial score (nSPS) is 28.6. The molecule has 25 heavy (non-hydrogen) atoms. The first-order valence-corrected chi connectivity index (χ1v) is 7.68. The highest BCUT2D eigenvalue weighted by molar-refractivity contribution is 5.69. The molecule has 1 saturated heterocycles. The van der Waals surface area contributed by atoms with E-state index in [1.54, 1.807) is 6.92 Å². The van der Waals surface area contributed by atoms with Crippen LogP contribution in [0.5, 0.6) is 0 Å². The number of carbonyl (C=O) groups excluding carboxylic acids is 2. The van der Waals surface area contributed by atoms with Crippen LogP contribution in [0, 0.1) is 0 Å². The van der Waals surface area contributed by atoms with Gasteiger partial charge in [-0.05, 0) is 13.0 Å². The summed E-state index contributed by atoms with van der Waals surface area (Å²) in [5.74, 6) is -1.27. The Balaban J connectivity index is 2.33. The van der Waals surface area contributed by atoms with E-state index in [0.29, 0.717) is 0 Å². The molecule has 0 amide bonds. The fourth-order valence-electron chi connectivity index (χ4n) is 2.59. The quantitative estimate of drug-likeness (QED) is 0.748. The number of alkyl halides is 1. The number of nitrogens with two attached hydrogens (primary N) is 1. The average Bonchev–Trinajstić information content (AvgIpc) is 2.76. The standard InChI is InChI=1S/C15H20FN3O6/c1-4-11(21)23-7-9-12(24-8(2)20)15(3,16)13(25-9)19-6-5-10(17)18-14(19)22/h5-6,9,12-13H,4,7H2,1-3H3,(H2,17,18,22)/t9-,12-,13-,15-/m1/s1. The fourth-order valence-corrected chi connectivity index (χ4v) is 2.59. The van der Waals surface area contributed by atoms with Gasteiger partial charge in [-0.2, -0.15) is 4.98 Å². The molecule has 2 heterocycles. The van der Waals surface area contributed by atoms with Crippen molar-refractivity contribution in [2.45, 2.75) is 51.3 Å². The van der Waals surface area contributed by atoms with Crippen LogP contribution in [0.2, 0.25) is 0 Å². The zero-order valence-corrected chi connectivity index (χ0v) is 14.1. The molecule has 1 fully saturated rings. The lowest BCUT2D eigenvalue weighted by Crippen LogP contribution is -2.45. The van der Waals surface area contributed by atoms with Gasteiger partial charge in [0.15, 0.2) is 18.0 Å². The number of nitrogens with zero attached hydrogens (tertiary/aromatic N) is 2. The zero-order chi connectivity index (χ0) is 18.8. The zero-order valence-electron chi connectivity index (χ0n) is 14.1. The van der Waals surface area contributed by atoms with Crippen LogP contribution < -0.4 is 11.4 Å². The molecule has 1 aromatic rings. The van der Waals surface area contributed by atoms with E-state index in [-0.39, 0.29) is 18.8 Å². The third-order valence-corrected chi connectivity index (χ3v) is 3.77. The van der Waals surface area contributed by atoms with Crippen LogP contribution in [-0.4, -0.2) is 46.0 Å². The largest absolute Gasteiger partial charge is 0.463 e. The number of carbonyl (C=O) groups is 2. The maximum Gasteiger partial charge on any atom is 0.351 e. The summed E-state index contributed by atoms with van der Waals surface area (Å²) in [6, 6.07) is 1.31. The van der Waals surface area contributed by atoms with Gasteiger partial charge in [0.2, 0.25) is 0 Å². The molecule has 4 atom stereocenters. The summed E-state index contributed by atoms with van der Waals surface area (Å²) < 4.78 is 31.8. The van der Waals surface area contributed by atoms with Gasteiger partial charge in [-0.1, -0.05) is 6.92 Å². The van der Waals surface area contributed by atoms with E-state index in [2.05, 4.69) is 4.98 Å². The molecule has 10 heteroatoms. The van der Waals surface area contributed by atoms with Crippen LogP contribution in [0.4, 0.5) is 10.2 Å². The molecule has 9 nitrogen and oxygen atoms in total. The lowest BCUT2D eigenvalue weighted by Gasteiger charge is -2.27. The van der Waals surface area contributed by atoms with Crippen LogP contribution in [-0.2, 0) is 23.8 Å². The Labute approximate surface area is 142 Å². The Morgan fingerprint density at radius 1 is 1.52 bits per heavy atom. The minimum atomic E-state index is -2.27. The van der Waals surface area contributed by atoms with Gasteiger partial charge in [0.05, 0.1) is 0 Å². The predicted octanol–water partition coefficient (Wildman–Crippen LogP) is 0.336. The number of nitrogen functional groups attached to an aromatic ring is 1. The molecule has 138 valence electrons. The van der Waals surface area contributed by atoms with Crippen LogP contribution in [0.15, 0.2) is 17.1 Å². The van der Waals surface area contributed by atoms with Crippen LogP contribution in [0.1, 0.15) is 33.4 Å². The Morgan fingerprint density at radius 2 is 2.20 bits per heavy atom. The van der Waals surface area contributed by atoms with E-state index in [1.165, 1.54) is 12.3 Å². The molecule has 2 N–H and O–H groups in total.